The van der Waals surface area contributed by atoms with Gasteiger partial charge in [0.25, 0.3) is 5.91 Å². The zero-order valence-corrected chi connectivity index (χ0v) is 12.3. The number of carbonyl (C=O) groups excluding carboxylic acids is 1. The third-order valence-corrected chi connectivity index (χ3v) is 3.43. The number of anilines is 1. The minimum Gasteiger partial charge on any atom is -0.398 e. The minimum atomic E-state index is -0.178. The Morgan fingerprint density at radius 1 is 1.55 bits per heavy atom. The van der Waals surface area contributed by atoms with Gasteiger partial charge in [-0.05, 0) is 31.3 Å². The summed E-state index contributed by atoms with van der Waals surface area (Å²) in [7, 11) is 1.83. The Morgan fingerprint density at radius 3 is 2.95 bits per heavy atom. The molecule has 2 rings (SSSR count). The molecule has 1 heterocycles. The van der Waals surface area contributed by atoms with Gasteiger partial charge in [-0.15, -0.1) is 0 Å². The number of hydrogen-bond acceptors (Lipinski definition) is 4. The smallest absolute Gasteiger partial charge is 0.253 e. The second-order valence-corrected chi connectivity index (χ2v) is 4.99. The van der Waals surface area contributed by atoms with Crippen molar-refractivity contribution in [2.75, 3.05) is 12.3 Å². The van der Waals surface area contributed by atoms with E-state index in [1.165, 1.54) is 0 Å². The molecule has 0 aliphatic heterocycles. The van der Waals surface area contributed by atoms with E-state index in [0.29, 0.717) is 29.0 Å². The molecule has 0 unspecified atom stereocenters. The average molecular weight is 291 g/mol. The van der Waals surface area contributed by atoms with Crippen LogP contribution in [0.3, 0.4) is 0 Å². The molecule has 0 aliphatic carbocycles. The molecule has 0 saturated heterocycles. The number of carbonyl (C=O) groups is 1. The van der Waals surface area contributed by atoms with Gasteiger partial charge in [0.2, 0.25) is 0 Å². The Bertz CT molecular complexity index is 688. The van der Waals surface area contributed by atoms with Crippen LogP contribution in [-0.2, 0) is 13.5 Å². The second kappa shape index (κ2) is 5.87. The number of aryl methyl sites for hydroxylation is 1. The van der Waals surface area contributed by atoms with Crippen molar-refractivity contribution < 1.29 is 4.79 Å². The summed E-state index contributed by atoms with van der Waals surface area (Å²) in [5.41, 5.74) is 7.78. The van der Waals surface area contributed by atoms with Gasteiger partial charge in [0.05, 0.1) is 5.56 Å². The third kappa shape index (κ3) is 3.05. The maximum atomic E-state index is 12.1. The summed E-state index contributed by atoms with van der Waals surface area (Å²) in [5, 5.41) is 9.62. The quantitative estimate of drug-likeness (QED) is 0.586. The number of nitrogens with zero attached hydrogens (tertiary/aromatic N) is 2. The molecule has 0 bridgehead atoms. The van der Waals surface area contributed by atoms with E-state index in [2.05, 4.69) is 15.5 Å². The first-order valence-corrected chi connectivity index (χ1v) is 6.64. The van der Waals surface area contributed by atoms with Crippen LogP contribution in [0.5, 0.6) is 0 Å². The Hall–Kier alpha value is -2.15. The summed E-state index contributed by atoms with van der Waals surface area (Å²) in [6.07, 6.45) is 0.598. The fraction of sp³-hybridized carbons (Fsp3) is 0.308. The van der Waals surface area contributed by atoms with E-state index in [-0.39, 0.29) is 5.91 Å². The molecule has 0 radical (unpaired) electrons. The first-order chi connectivity index (χ1) is 9.49. The van der Waals surface area contributed by atoms with Crippen LogP contribution in [0.25, 0.3) is 0 Å². The molecule has 0 aliphatic rings. The zero-order chi connectivity index (χ0) is 14.7. The van der Waals surface area contributed by atoms with Crippen molar-refractivity contribution >= 4 is 23.8 Å². The number of H-pyrrole nitrogens is 1. The van der Waals surface area contributed by atoms with Crippen LogP contribution in [-0.4, -0.2) is 27.2 Å². The number of benzene rings is 1. The van der Waals surface area contributed by atoms with Crippen LogP contribution in [0.15, 0.2) is 18.2 Å². The van der Waals surface area contributed by atoms with Crippen molar-refractivity contribution in [3.63, 3.8) is 0 Å². The highest BCUT2D eigenvalue weighted by atomic mass is 32.1. The summed E-state index contributed by atoms with van der Waals surface area (Å²) in [5.74, 6) is 0.621. The Labute approximate surface area is 122 Å². The highest BCUT2D eigenvalue weighted by Crippen LogP contribution is 2.13. The van der Waals surface area contributed by atoms with E-state index < -0.39 is 0 Å². The van der Waals surface area contributed by atoms with E-state index in [1.54, 1.807) is 16.7 Å². The summed E-state index contributed by atoms with van der Waals surface area (Å²) >= 11 is 5.03. The van der Waals surface area contributed by atoms with Gasteiger partial charge in [0.15, 0.2) is 4.77 Å². The Morgan fingerprint density at radius 2 is 2.30 bits per heavy atom. The predicted molar refractivity (Wildman–Crippen MR) is 80.0 cm³/mol. The lowest BCUT2D eigenvalue weighted by atomic mass is 10.1. The summed E-state index contributed by atoms with van der Waals surface area (Å²) in [4.78, 5) is 12.1. The van der Waals surface area contributed by atoms with Gasteiger partial charge in [0.1, 0.15) is 5.82 Å². The monoisotopic (exact) mass is 291 g/mol. The fourth-order valence-corrected chi connectivity index (χ4v) is 2.00. The number of nitrogens with one attached hydrogen (secondary N) is 2. The molecule has 0 fully saturated rings. The molecule has 2 aromatic rings. The van der Waals surface area contributed by atoms with Crippen LogP contribution >= 0.6 is 12.2 Å². The average Bonchev–Trinajstić information content (AvgIpc) is 2.73. The van der Waals surface area contributed by atoms with E-state index >= 15 is 0 Å². The molecule has 4 N–H and O–H groups in total. The highest BCUT2D eigenvalue weighted by Gasteiger charge is 2.10. The Balaban J connectivity index is 1.97. The lowest BCUT2D eigenvalue weighted by Crippen LogP contribution is -2.27. The molecule has 1 aromatic heterocycles. The molecule has 7 heteroatoms. The van der Waals surface area contributed by atoms with Gasteiger partial charge in [0, 0.05) is 25.7 Å². The van der Waals surface area contributed by atoms with Crippen LogP contribution in [0, 0.1) is 11.7 Å². The predicted octanol–water partition coefficient (Wildman–Crippen LogP) is 1.34. The molecule has 106 valence electrons. The maximum Gasteiger partial charge on any atom is 0.253 e. The standard InChI is InChI=1S/C13H17N5OS/c1-8-3-4-10(14)9(7-8)12(19)15-6-5-11-16-17-13(20)18(11)2/h3-4,7H,5-6,14H2,1-2H3,(H,15,19)(H,17,20). The van der Waals surface area contributed by atoms with Crippen LogP contribution < -0.4 is 11.1 Å². The summed E-state index contributed by atoms with van der Waals surface area (Å²) in [6.45, 7) is 2.39. The van der Waals surface area contributed by atoms with E-state index in [9.17, 15) is 4.79 Å². The number of hydrogen-bond donors (Lipinski definition) is 3. The fourth-order valence-electron chi connectivity index (χ4n) is 1.85. The first kappa shape index (κ1) is 14.3. The molecule has 20 heavy (non-hydrogen) atoms. The molecule has 0 spiro atoms. The van der Waals surface area contributed by atoms with Gasteiger partial charge >= 0.3 is 0 Å². The number of amides is 1. The van der Waals surface area contributed by atoms with Gasteiger partial charge in [-0.3, -0.25) is 9.89 Å². The highest BCUT2D eigenvalue weighted by molar-refractivity contribution is 7.71. The van der Waals surface area contributed by atoms with Gasteiger partial charge < -0.3 is 15.6 Å². The van der Waals surface area contributed by atoms with Crippen molar-refractivity contribution in [3.05, 3.63) is 39.9 Å². The van der Waals surface area contributed by atoms with Gasteiger partial charge in [-0.2, -0.15) is 5.10 Å². The molecule has 0 saturated carbocycles. The third-order valence-electron chi connectivity index (χ3n) is 3.06. The van der Waals surface area contributed by atoms with Gasteiger partial charge in [-0.1, -0.05) is 11.6 Å². The van der Waals surface area contributed by atoms with Crippen molar-refractivity contribution in [2.45, 2.75) is 13.3 Å². The maximum absolute atomic E-state index is 12.1. The van der Waals surface area contributed by atoms with E-state index in [1.807, 2.05) is 20.0 Å². The van der Waals surface area contributed by atoms with Crippen LogP contribution in [0.2, 0.25) is 0 Å². The molecule has 1 amide bonds. The number of nitrogens with two attached hydrogens (primary N) is 1. The lowest BCUT2D eigenvalue weighted by molar-refractivity contribution is 0.0954. The number of aromatic nitrogens is 3. The summed E-state index contributed by atoms with van der Waals surface area (Å²) < 4.78 is 2.34. The van der Waals surface area contributed by atoms with Crippen molar-refractivity contribution in [2.24, 2.45) is 7.05 Å². The topological polar surface area (TPSA) is 88.7 Å². The van der Waals surface area contributed by atoms with Gasteiger partial charge in [-0.25, -0.2) is 0 Å². The zero-order valence-electron chi connectivity index (χ0n) is 11.4. The van der Waals surface area contributed by atoms with Crippen molar-refractivity contribution in [1.82, 2.24) is 20.1 Å². The lowest BCUT2D eigenvalue weighted by Gasteiger charge is -2.08. The first-order valence-electron chi connectivity index (χ1n) is 6.23. The summed E-state index contributed by atoms with van der Waals surface area (Å²) in [6, 6.07) is 5.39. The molecule has 0 atom stereocenters. The minimum absolute atomic E-state index is 0.178. The normalized spacial score (nSPS) is 10.5. The van der Waals surface area contributed by atoms with E-state index in [4.69, 9.17) is 18.0 Å². The number of rotatable bonds is 4. The second-order valence-electron chi connectivity index (χ2n) is 4.60. The molecule has 1 aromatic carbocycles. The van der Waals surface area contributed by atoms with Crippen LogP contribution in [0.1, 0.15) is 21.7 Å². The number of aromatic amines is 1. The largest absolute Gasteiger partial charge is 0.398 e. The van der Waals surface area contributed by atoms with Crippen molar-refractivity contribution in [1.29, 1.82) is 0 Å². The Kier molecular flexibility index (Phi) is 4.19. The van der Waals surface area contributed by atoms with Crippen molar-refractivity contribution in [3.8, 4) is 0 Å². The van der Waals surface area contributed by atoms with E-state index in [0.717, 1.165) is 11.4 Å². The molecular weight excluding hydrogens is 274 g/mol. The SMILES string of the molecule is Cc1ccc(N)c(C(=O)NCCc2n[nH]c(=S)n2C)c1. The molecule has 6 nitrogen and oxygen atoms in total. The molecular formula is C13H17N5OS. The van der Waals surface area contributed by atoms with Crippen LogP contribution in [0.4, 0.5) is 5.69 Å². The number of nitrogen functional groups attached to an aromatic ring is 1.